The molecule has 4 aromatic rings. The highest BCUT2D eigenvalue weighted by molar-refractivity contribution is 5.92. The highest BCUT2D eigenvalue weighted by atomic mass is 19.4. The number of piperazine rings is 1. The fraction of sp³-hybridized carbons (Fsp3) is 0.407. The molecule has 0 unspecified atom stereocenters. The van der Waals surface area contributed by atoms with Crippen molar-refractivity contribution in [1.29, 1.82) is 5.26 Å². The molecule has 1 aliphatic heterocycles. The normalized spacial score (nSPS) is 15.2. The molecule has 1 amide bonds. The topological polar surface area (TPSA) is 140 Å². The number of aromatic nitrogens is 6. The first-order valence-corrected chi connectivity index (χ1v) is 13.2. The molecule has 4 aromatic heterocycles. The van der Waals surface area contributed by atoms with Gasteiger partial charge in [-0.1, -0.05) is 0 Å². The van der Waals surface area contributed by atoms with E-state index in [2.05, 4.69) is 36.0 Å². The average molecular weight is 568 g/mol. The van der Waals surface area contributed by atoms with Gasteiger partial charge in [-0.25, -0.2) is 15.0 Å². The first-order chi connectivity index (χ1) is 19.8. The van der Waals surface area contributed by atoms with Crippen molar-refractivity contribution in [1.82, 2.24) is 39.5 Å². The van der Waals surface area contributed by atoms with Crippen LogP contribution in [0.5, 0.6) is 0 Å². The molecule has 1 fully saturated rings. The summed E-state index contributed by atoms with van der Waals surface area (Å²) in [6.07, 6.45) is 4.09. The predicted molar refractivity (Wildman–Crippen MR) is 141 cm³/mol. The fourth-order valence-corrected chi connectivity index (χ4v) is 5.10. The molecule has 1 aliphatic rings. The maximum absolute atomic E-state index is 13.3. The number of hydrogen-bond acceptors (Lipinski definition) is 8. The zero-order valence-corrected chi connectivity index (χ0v) is 22.0. The summed E-state index contributed by atoms with van der Waals surface area (Å²) in [6.45, 7) is 1.52. The molecule has 2 N–H and O–H groups in total. The van der Waals surface area contributed by atoms with Crippen LogP contribution in [0.3, 0.4) is 0 Å². The van der Waals surface area contributed by atoms with Gasteiger partial charge in [-0.2, -0.15) is 23.5 Å². The van der Waals surface area contributed by atoms with E-state index >= 15 is 0 Å². The number of fused-ring (bicyclic) bond motifs is 1. The first-order valence-electron chi connectivity index (χ1n) is 13.2. The van der Waals surface area contributed by atoms with Crippen LogP contribution in [0.2, 0.25) is 0 Å². The molecular weight excluding hydrogens is 539 g/mol. The van der Waals surface area contributed by atoms with E-state index in [-0.39, 0.29) is 17.3 Å². The minimum atomic E-state index is -4.73. The third kappa shape index (κ3) is 6.36. The largest absolute Gasteiger partial charge is 0.433 e. The molecule has 14 heteroatoms. The minimum Gasteiger partial charge on any atom is -0.392 e. The molecule has 5 rings (SSSR count). The van der Waals surface area contributed by atoms with Gasteiger partial charge < -0.3 is 15.0 Å². The highest BCUT2D eigenvalue weighted by Crippen LogP contribution is 2.29. The Morgan fingerprint density at radius 2 is 2.00 bits per heavy atom. The summed E-state index contributed by atoms with van der Waals surface area (Å²) >= 11 is 0. The van der Waals surface area contributed by atoms with Gasteiger partial charge in [0.25, 0.3) is 5.91 Å². The second kappa shape index (κ2) is 12.0. The SMILES string of the molecule is N#CCCC[C@@H](Cn1cc(-c2ncnc3[nH]ccc23)cn1)N1CCN(C(=O)c2cc(CO)cc(C(F)(F)F)n2)CC1. The molecule has 41 heavy (non-hydrogen) atoms. The highest BCUT2D eigenvalue weighted by Gasteiger charge is 2.35. The number of nitriles is 1. The van der Waals surface area contributed by atoms with Gasteiger partial charge in [-0.15, -0.1) is 0 Å². The van der Waals surface area contributed by atoms with Crippen LogP contribution in [-0.2, 0) is 19.3 Å². The van der Waals surface area contributed by atoms with Gasteiger partial charge in [0.15, 0.2) is 0 Å². The molecule has 0 saturated carbocycles. The Morgan fingerprint density at radius 3 is 2.73 bits per heavy atom. The molecule has 5 heterocycles. The van der Waals surface area contributed by atoms with Gasteiger partial charge in [-0.05, 0) is 36.6 Å². The zero-order chi connectivity index (χ0) is 29.0. The van der Waals surface area contributed by atoms with Crippen LogP contribution in [0.1, 0.15) is 41.0 Å². The lowest BCUT2D eigenvalue weighted by atomic mass is 10.1. The second-order valence-corrected chi connectivity index (χ2v) is 9.85. The van der Waals surface area contributed by atoms with Gasteiger partial charge in [0.1, 0.15) is 23.4 Å². The third-order valence-corrected chi connectivity index (χ3v) is 7.18. The maximum Gasteiger partial charge on any atom is 0.433 e. The van der Waals surface area contributed by atoms with E-state index in [1.165, 1.54) is 17.3 Å². The van der Waals surface area contributed by atoms with Crippen LogP contribution in [0, 0.1) is 11.3 Å². The van der Waals surface area contributed by atoms with E-state index in [1.807, 2.05) is 16.9 Å². The van der Waals surface area contributed by atoms with Crippen molar-refractivity contribution in [2.24, 2.45) is 0 Å². The molecule has 214 valence electrons. The van der Waals surface area contributed by atoms with Crippen molar-refractivity contribution in [2.75, 3.05) is 26.2 Å². The van der Waals surface area contributed by atoms with Gasteiger partial charge in [0, 0.05) is 62.0 Å². The molecular formula is C27H28F3N9O2. The van der Waals surface area contributed by atoms with Crippen molar-refractivity contribution in [3.63, 3.8) is 0 Å². The Labute approximate surface area is 233 Å². The number of pyridine rings is 1. The molecule has 11 nitrogen and oxygen atoms in total. The maximum atomic E-state index is 13.3. The Bertz CT molecular complexity index is 1550. The average Bonchev–Trinajstić information content (AvgIpc) is 3.65. The van der Waals surface area contributed by atoms with E-state index < -0.39 is 24.4 Å². The zero-order valence-electron chi connectivity index (χ0n) is 22.0. The second-order valence-electron chi connectivity index (χ2n) is 9.85. The molecule has 0 bridgehead atoms. The summed E-state index contributed by atoms with van der Waals surface area (Å²) in [6, 6.07) is 6.06. The Morgan fingerprint density at radius 1 is 1.20 bits per heavy atom. The number of rotatable bonds is 9. The van der Waals surface area contributed by atoms with Crippen molar-refractivity contribution >= 4 is 16.9 Å². The smallest absolute Gasteiger partial charge is 0.392 e. The van der Waals surface area contributed by atoms with Crippen LogP contribution in [0.25, 0.3) is 22.3 Å². The van der Waals surface area contributed by atoms with E-state index in [9.17, 15) is 23.1 Å². The van der Waals surface area contributed by atoms with Crippen LogP contribution in [0.15, 0.2) is 43.1 Å². The lowest BCUT2D eigenvalue weighted by Crippen LogP contribution is -2.53. The number of nitrogens with one attached hydrogen (secondary N) is 1. The van der Waals surface area contributed by atoms with Crippen molar-refractivity contribution in [2.45, 2.75) is 44.6 Å². The number of alkyl halides is 3. The summed E-state index contributed by atoms with van der Waals surface area (Å²) in [5, 5.41) is 23.9. The third-order valence-electron chi connectivity index (χ3n) is 7.18. The number of carbonyl (C=O) groups is 1. The molecule has 1 saturated heterocycles. The number of hydrogen-bond donors (Lipinski definition) is 2. The van der Waals surface area contributed by atoms with Gasteiger partial charge in [-0.3, -0.25) is 14.4 Å². The number of unbranched alkanes of at least 4 members (excludes halogenated alkanes) is 1. The van der Waals surface area contributed by atoms with E-state index in [0.29, 0.717) is 45.6 Å². The minimum absolute atomic E-state index is 0.0235. The number of nitrogens with zero attached hydrogens (tertiary/aromatic N) is 8. The van der Waals surface area contributed by atoms with Crippen LogP contribution in [0.4, 0.5) is 13.2 Å². The Kier molecular flexibility index (Phi) is 8.27. The van der Waals surface area contributed by atoms with Crippen molar-refractivity contribution < 1.29 is 23.1 Å². The summed E-state index contributed by atoms with van der Waals surface area (Å²) in [5.74, 6) is -0.607. The number of aliphatic hydroxyl groups excluding tert-OH is 1. The molecule has 0 radical (unpaired) electrons. The molecule has 0 aliphatic carbocycles. The summed E-state index contributed by atoms with van der Waals surface area (Å²) in [7, 11) is 0. The summed E-state index contributed by atoms with van der Waals surface area (Å²) in [5.41, 5.74) is 0.777. The van der Waals surface area contributed by atoms with E-state index in [4.69, 9.17) is 5.26 Å². The van der Waals surface area contributed by atoms with Crippen molar-refractivity contribution in [3.8, 4) is 17.3 Å². The molecule has 0 aromatic carbocycles. The number of aromatic amines is 1. The molecule has 0 spiro atoms. The van der Waals surface area contributed by atoms with Crippen molar-refractivity contribution in [3.05, 3.63) is 60.1 Å². The van der Waals surface area contributed by atoms with Crippen LogP contribution >= 0.6 is 0 Å². The number of H-pyrrole nitrogens is 1. The molecule has 1 atom stereocenters. The van der Waals surface area contributed by atoms with Gasteiger partial charge >= 0.3 is 6.18 Å². The van der Waals surface area contributed by atoms with Crippen LogP contribution in [-0.4, -0.2) is 82.8 Å². The monoisotopic (exact) mass is 567 g/mol. The quantitative estimate of drug-likeness (QED) is 0.294. The summed E-state index contributed by atoms with van der Waals surface area (Å²) < 4.78 is 41.7. The van der Waals surface area contributed by atoms with E-state index in [0.717, 1.165) is 34.8 Å². The Balaban J connectivity index is 1.27. The fourth-order valence-electron chi connectivity index (χ4n) is 5.10. The van der Waals surface area contributed by atoms with Gasteiger partial charge in [0.05, 0.1) is 31.1 Å². The van der Waals surface area contributed by atoms with E-state index in [1.54, 1.807) is 12.4 Å². The van der Waals surface area contributed by atoms with Crippen LogP contribution < -0.4 is 0 Å². The lowest BCUT2D eigenvalue weighted by molar-refractivity contribution is -0.141. The Hall–Kier alpha value is -4.35. The first kappa shape index (κ1) is 28.2. The standard InChI is InChI=1S/C27H28F3N9O2/c28-27(29,30)23-12-18(16-40)11-22(36-23)26(41)38-9-7-37(8-10-38)20(3-1-2-5-31)15-39-14-19(13-35-39)24-21-4-6-32-25(21)34-17-33-24/h4,6,11-14,17,20,40H,1-3,7-10,15-16H2,(H,32,33,34)/t20-/m0/s1. The predicted octanol–water partition coefficient (Wildman–Crippen LogP) is 3.25. The lowest BCUT2D eigenvalue weighted by Gasteiger charge is -2.39. The number of halogens is 3. The number of aliphatic hydroxyl groups is 1. The number of amides is 1. The number of carbonyl (C=O) groups excluding carboxylic acids is 1. The van der Waals surface area contributed by atoms with Gasteiger partial charge in [0.2, 0.25) is 0 Å². The summed E-state index contributed by atoms with van der Waals surface area (Å²) in [4.78, 5) is 32.0.